The fraction of sp³-hybridized carbons (Fsp3) is 0.625. The number of nitrogens with zero attached hydrogens (tertiary/aromatic N) is 2. The summed E-state index contributed by atoms with van der Waals surface area (Å²) in [4.78, 5) is 15.2. The van der Waals surface area contributed by atoms with Gasteiger partial charge in [-0.25, -0.2) is 0 Å². The second-order valence-electron chi connectivity index (χ2n) is 3.19. The van der Waals surface area contributed by atoms with Crippen molar-refractivity contribution in [3.8, 4) is 0 Å². The van der Waals surface area contributed by atoms with E-state index in [0.29, 0.717) is 11.7 Å². The molecule has 0 spiro atoms. The zero-order valence-corrected chi connectivity index (χ0v) is 9.67. The Bertz CT molecular complexity index is 326. The minimum atomic E-state index is -0.537. The molecular formula is C8H15ClN4O2. The minimum absolute atomic E-state index is 0. The number of amides is 1. The van der Waals surface area contributed by atoms with Crippen LogP contribution in [0.2, 0.25) is 0 Å². The van der Waals surface area contributed by atoms with E-state index in [1.54, 1.807) is 20.8 Å². The van der Waals surface area contributed by atoms with Gasteiger partial charge in [-0.1, -0.05) is 5.16 Å². The van der Waals surface area contributed by atoms with E-state index in [9.17, 15) is 4.79 Å². The number of halogens is 1. The first-order valence-corrected chi connectivity index (χ1v) is 4.37. The first kappa shape index (κ1) is 13.9. The predicted octanol–water partition coefficient (Wildman–Crippen LogP) is 0.324. The van der Waals surface area contributed by atoms with Gasteiger partial charge >= 0.3 is 0 Å². The van der Waals surface area contributed by atoms with E-state index in [4.69, 9.17) is 10.3 Å². The summed E-state index contributed by atoms with van der Waals surface area (Å²) in [7, 11) is 0. The molecule has 15 heavy (non-hydrogen) atoms. The van der Waals surface area contributed by atoms with Crippen LogP contribution in [0.4, 0.5) is 0 Å². The monoisotopic (exact) mass is 234 g/mol. The molecule has 86 valence electrons. The molecule has 7 heteroatoms. The highest BCUT2D eigenvalue weighted by Crippen LogP contribution is 2.07. The maximum Gasteiger partial charge on any atom is 0.237 e. The Hall–Kier alpha value is -1.14. The van der Waals surface area contributed by atoms with Gasteiger partial charge in [-0.2, -0.15) is 4.98 Å². The summed E-state index contributed by atoms with van der Waals surface area (Å²) in [5.74, 6) is 0.693. The summed E-state index contributed by atoms with van der Waals surface area (Å²) in [6, 6.07) is -0.823. The summed E-state index contributed by atoms with van der Waals surface area (Å²) in [6.07, 6.45) is 0. The third-order valence-electron chi connectivity index (χ3n) is 1.70. The van der Waals surface area contributed by atoms with Gasteiger partial charge in [0.2, 0.25) is 11.8 Å². The highest BCUT2D eigenvalue weighted by Gasteiger charge is 2.16. The van der Waals surface area contributed by atoms with Crippen molar-refractivity contribution in [2.75, 3.05) is 0 Å². The molecule has 1 unspecified atom stereocenters. The van der Waals surface area contributed by atoms with Gasteiger partial charge in [0.1, 0.15) is 0 Å². The molecule has 0 saturated carbocycles. The van der Waals surface area contributed by atoms with E-state index in [0.717, 1.165) is 0 Å². The second kappa shape index (κ2) is 5.67. The first-order valence-electron chi connectivity index (χ1n) is 4.37. The molecule has 1 heterocycles. The van der Waals surface area contributed by atoms with Gasteiger partial charge in [-0.15, -0.1) is 12.4 Å². The Kier molecular flexibility index (Phi) is 5.24. The van der Waals surface area contributed by atoms with E-state index in [1.807, 2.05) is 0 Å². The second-order valence-corrected chi connectivity index (χ2v) is 3.19. The summed E-state index contributed by atoms with van der Waals surface area (Å²) >= 11 is 0. The molecule has 0 aromatic carbocycles. The highest BCUT2D eigenvalue weighted by molar-refractivity contribution is 5.85. The number of aryl methyl sites for hydroxylation is 1. The molecule has 0 bridgehead atoms. The van der Waals surface area contributed by atoms with Gasteiger partial charge in [0.05, 0.1) is 12.1 Å². The van der Waals surface area contributed by atoms with Crippen molar-refractivity contribution in [2.24, 2.45) is 5.73 Å². The van der Waals surface area contributed by atoms with Gasteiger partial charge < -0.3 is 15.6 Å². The molecule has 0 aliphatic carbocycles. The summed E-state index contributed by atoms with van der Waals surface area (Å²) in [5.41, 5.74) is 5.39. The van der Waals surface area contributed by atoms with Crippen LogP contribution in [0.3, 0.4) is 0 Å². The highest BCUT2D eigenvalue weighted by atomic mass is 35.5. The van der Waals surface area contributed by atoms with Gasteiger partial charge in [0.25, 0.3) is 0 Å². The molecule has 0 radical (unpaired) electrons. The number of carbonyl (C=O) groups excluding carboxylic acids is 1. The quantitative estimate of drug-likeness (QED) is 0.786. The number of hydrogen-bond donors (Lipinski definition) is 2. The van der Waals surface area contributed by atoms with Gasteiger partial charge in [0.15, 0.2) is 5.82 Å². The molecule has 1 aromatic rings. The molecule has 0 aliphatic heterocycles. The summed E-state index contributed by atoms with van der Waals surface area (Å²) < 4.78 is 4.78. The number of hydrogen-bond acceptors (Lipinski definition) is 5. The normalized spacial score (nSPS) is 13.9. The number of nitrogens with one attached hydrogen (secondary N) is 1. The Morgan fingerprint density at radius 3 is 2.53 bits per heavy atom. The van der Waals surface area contributed by atoms with E-state index in [-0.39, 0.29) is 24.4 Å². The average Bonchev–Trinajstić information content (AvgIpc) is 2.51. The van der Waals surface area contributed by atoms with E-state index in [1.165, 1.54) is 0 Å². The fourth-order valence-corrected chi connectivity index (χ4v) is 0.900. The lowest BCUT2D eigenvalue weighted by atomic mass is 10.2. The lowest BCUT2D eigenvalue weighted by molar-refractivity contribution is -0.122. The number of carbonyl (C=O) groups is 1. The molecule has 3 N–H and O–H groups in total. The smallest absolute Gasteiger partial charge is 0.237 e. The van der Waals surface area contributed by atoms with E-state index >= 15 is 0 Å². The molecule has 0 aliphatic rings. The third-order valence-corrected chi connectivity index (χ3v) is 1.70. The van der Waals surface area contributed by atoms with Crippen molar-refractivity contribution >= 4 is 18.3 Å². The van der Waals surface area contributed by atoms with Crippen molar-refractivity contribution in [3.63, 3.8) is 0 Å². The third kappa shape index (κ3) is 3.85. The van der Waals surface area contributed by atoms with Crippen LogP contribution >= 0.6 is 12.4 Å². The van der Waals surface area contributed by atoms with Gasteiger partial charge in [-0.05, 0) is 13.8 Å². The molecule has 2 atom stereocenters. The van der Waals surface area contributed by atoms with Gasteiger partial charge in [-0.3, -0.25) is 4.79 Å². The van der Waals surface area contributed by atoms with Gasteiger partial charge in [0, 0.05) is 6.92 Å². The van der Waals surface area contributed by atoms with E-state index in [2.05, 4.69) is 15.5 Å². The van der Waals surface area contributed by atoms with Crippen molar-refractivity contribution in [1.29, 1.82) is 0 Å². The number of nitrogens with two attached hydrogens (primary N) is 1. The van der Waals surface area contributed by atoms with Crippen LogP contribution in [0.15, 0.2) is 4.52 Å². The summed E-state index contributed by atoms with van der Waals surface area (Å²) in [5, 5.41) is 6.35. The lowest BCUT2D eigenvalue weighted by Gasteiger charge is -2.11. The maximum atomic E-state index is 11.2. The van der Waals surface area contributed by atoms with Crippen LogP contribution in [0, 0.1) is 6.92 Å². The fourth-order valence-electron chi connectivity index (χ4n) is 0.900. The molecule has 1 amide bonds. The topological polar surface area (TPSA) is 94.0 Å². The molecule has 0 fully saturated rings. The van der Waals surface area contributed by atoms with Crippen LogP contribution in [-0.2, 0) is 4.79 Å². The van der Waals surface area contributed by atoms with Crippen molar-refractivity contribution in [2.45, 2.75) is 32.9 Å². The summed E-state index contributed by atoms with van der Waals surface area (Å²) in [6.45, 7) is 5.07. The molecule has 6 nitrogen and oxygen atoms in total. The zero-order valence-electron chi connectivity index (χ0n) is 8.85. The van der Waals surface area contributed by atoms with Crippen LogP contribution in [0.1, 0.15) is 31.6 Å². The molecule has 0 saturated heterocycles. The zero-order chi connectivity index (χ0) is 10.7. The number of rotatable bonds is 3. The Morgan fingerprint density at radius 2 is 2.13 bits per heavy atom. The minimum Gasteiger partial charge on any atom is -0.345 e. The van der Waals surface area contributed by atoms with Crippen molar-refractivity contribution in [1.82, 2.24) is 15.5 Å². The molecule has 1 rings (SSSR count). The largest absolute Gasteiger partial charge is 0.345 e. The predicted molar refractivity (Wildman–Crippen MR) is 56.5 cm³/mol. The number of aromatic nitrogens is 2. The average molecular weight is 235 g/mol. The maximum absolute atomic E-state index is 11.2. The van der Waals surface area contributed by atoms with E-state index < -0.39 is 6.04 Å². The van der Waals surface area contributed by atoms with Crippen LogP contribution in [0.25, 0.3) is 0 Å². The van der Waals surface area contributed by atoms with Crippen LogP contribution in [-0.4, -0.2) is 22.1 Å². The van der Waals surface area contributed by atoms with Crippen molar-refractivity contribution < 1.29 is 9.32 Å². The van der Waals surface area contributed by atoms with Crippen molar-refractivity contribution in [3.05, 3.63) is 11.7 Å². The first-order chi connectivity index (χ1) is 6.50. The Balaban J connectivity index is 0.00000196. The Morgan fingerprint density at radius 1 is 1.53 bits per heavy atom. The van der Waals surface area contributed by atoms with Crippen LogP contribution < -0.4 is 11.1 Å². The SMILES string of the molecule is Cc1nc(C(C)NC(=O)[C@@H](C)N)no1.Cl. The standard InChI is InChI=1S/C8H14N4O2.ClH/c1-4(9)8(13)10-5(2)7-11-6(3)14-12-7;/h4-5H,9H2,1-3H3,(H,10,13);1H/t4-,5?;/m1./s1. The Labute approximate surface area is 94.0 Å². The molecule has 1 aromatic heterocycles. The van der Waals surface area contributed by atoms with Crippen LogP contribution in [0.5, 0.6) is 0 Å². The molecular weight excluding hydrogens is 220 g/mol. The lowest BCUT2D eigenvalue weighted by Crippen LogP contribution is -2.39.